The predicted molar refractivity (Wildman–Crippen MR) is 70.7 cm³/mol. The average molecular weight is 277 g/mol. The van der Waals surface area contributed by atoms with Gasteiger partial charge >= 0.3 is 112 Å². The van der Waals surface area contributed by atoms with Crippen molar-refractivity contribution in [2.24, 2.45) is 0 Å². The van der Waals surface area contributed by atoms with Gasteiger partial charge in [0.05, 0.1) is 0 Å². The summed E-state index contributed by atoms with van der Waals surface area (Å²) in [5.74, 6) is 0.346. The van der Waals surface area contributed by atoms with E-state index in [1.54, 1.807) is 4.96 Å². The van der Waals surface area contributed by atoms with E-state index < -0.39 is 0 Å². The Labute approximate surface area is 112 Å². The number of benzene rings is 1. The first-order valence-electron chi connectivity index (χ1n) is 5.86. The van der Waals surface area contributed by atoms with E-state index in [-0.39, 0.29) is 10.8 Å². The summed E-state index contributed by atoms with van der Waals surface area (Å²) >= 11 is 4.23. The Morgan fingerprint density at radius 2 is 1.53 bits per heavy atom. The fourth-order valence-electron chi connectivity index (χ4n) is 1.73. The van der Waals surface area contributed by atoms with Crippen LogP contribution in [0.4, 0.5) is 0 Å². The van der Waals surface area contributed by atoms with Gasteiger partial charge in [0.15, 0.2) is 0 Å². The van der Waals surface area contributed by atoms with Crippen molar-refractivity contribution in [1.29, 1.82) is 0 Å². The van der Waals surface area contributed by atoms with E-state index >= 15 is 0 Å². The molecule has 0 heterocycles. The first-order chi connectivity index (χ1) is 7.57. The summed E-state index contributed by atoms with van der Waals surface area (Å²) in [6, 6.07) is 4.12. The molecule has 0 radical (unpaired) electrons. The third kappa shape index (κ3) is 3.20. The zero-order chi connectivity index (χ0) is 13.4. The standard InChI is InChI=1S/C15H22O.Co/c1-10-8-11(14(2,3)4)9-12(13(10)16)15(5,6)7;/h1,8-9,16H,2-7H3;. The van der Waals surface area contributed by atoms with Crippen molar-refractivity contribution < 1.29 is 20.4 Å². The van der Waals surface area contributed by atoms with Crippen molar-refractivity contribution in [2.45, 2.75) is 52.4 Å². The monoisotopic (exact) mass is 277 g/mol. The van der Waals surface area contributed by atoms with Crippen LogP contribution in [0.2, 0.25) is 0 Å². The zero-order valence-corrected chi connectivity index (χ0v) is 12.6. The van der Waals surface area contributed by atoms with E-state index in [2.05, 4.69) is 62.9 Å². The predicted octanol–water partition coefficient (Wildman–Crippen LogP) is 3.68. The summed E-state index contributed by atoms with van der Waals surface area (Å²) in [6.07, 6.45) is 0. The van der Waals surface area contributed by atoms with E-state index in [0.717, 1.165) is 11.1 Å². The van der Waals surface area contributed by atoms with E-state index in [0.29, 0.717) is 5.75 Å². The molecule has 0 fully saturated rings. The Hall–Kier alpha value is -0.604. The first-order valence-corrected chi connectivity index (χ1v) is 6.46. The second-order valence-electron chi connectivity index (χ2n) is 6.56. The maximum absolute atomic E-state index is 10.2. The summed E-state index contributed by atoms with van der Waals surface area (Å²) in [7, 11) is 0. The molecule has 17 heavy (non-hydrogen) atoms. The van der Waals surface area contributed by atoms with Crippen molar-refractivity contribution in [3.63, 3.8) is 0 Å². The third-order valence-corrected chi connectivity index (χ3v) is 3.24. The van der Waals surface area contributed by atoms with Gasteiger partial charge in [-0.2, -0.15) is 0 Å². The second kappa shape index (κ2) is 4.58. The minimum absolute atomic E-state index is 0.0679. The van der Waals surface area contributed by atoms with Gasteiger partial charge in [0.1, 0.15) is 0 Å². The Bertz CT molecular complexity index is 433. The van der Waals surface area contributed by atoms with E-state index in [9.17, 15) is 5.11 Å². The molecular weight excluding hydrogens is 255 g/mol. The molecule has 1 N–H and O–H groups in total. The van der Waals surface area contributed by atoms with E-state index in [1.165, 1.54) is 5.56 Å². The van der Waals surface area contributed by atoms with Gasteiger partial charge in [0, 0.05) is 0 Å². The van der Waals surface area contributed by atoms with Crippen molar-refractivity contribution >= 4 is 4.96 Å². The quantitative estimate of drug-likeness (QED) is 0.830. The molecule has 2 heteroatoms. The summed E-state index contributed by atoms with van der Waals surface area (Å²) in [6.45, 7) is 12.8. The van der Waals surface area contributed by atoms with Crippen LogP contribution in [0, 0.1) is 0 Å². The summed E-state index contributed by atoms with van der Waals surface area (Å²) in [5.41, 5.74) is 2.99. The second-order valence-corrected chi connectivity index (χ2v) is 6.86. The Balaban J connectivity index is 3.56. The number of aromatic hydroxyl groups is 1. The SMILES string of the molecule is CC(C)(C)c1cc([CH]=[Co])c(O)c(C(C)(C)C)c1. The first kappa shape index (κ1) is 14.5. The minimum atomic E-state index is -0.0733. The van der Waals surface area contributed by atoms with E-state index in [4.69, 9.17) is 0 Å². The molecule has 0 aliphatic rings. The van der Waals surface area contributed by atoms with Crippen LogP contribution < -0.4 is 0 Å². The van der Waals surface area contributed by atoms with Crippen LogP contribution in [0.3, 0.4) is 0 Å². The molecule has 97 valence electrons. The van der Waals surface area contributed by atoms with Gasteiger partial charge in [-0.1, -0.05) is 0 Å². The Morgan fingerprint density at radius 3 is 1.88 bits per heavy atom. The normalized spacial score (nSPS) is 12.6. The van der Waals surface area contributed by atoms with E-state index in [1.807, 2.05) is 6.07 Å². The van der Waals surface area contributed by atoms with Crippen LogP contribution in [0.15, 0.2) is 12.1 Å². The molecule has 0 spiro atoms. The fourth-order valence-corrected chi connectivity index (χ4v) is 1.96. The van der Waals surface area contributed by atoms with Gasteiger partial charge < -0.3 is 0 Å². The molecule has 1 aromatic carbocycles. The van der Waals surface area contributed by atoms with Crippen LogP contribution in [-0.4, -0.2) is 10.1 Å². The summed E-state index contributed by atoms with van der Waals surface area (Å²) in [5, 5.41) is 10.2. The van der Waals surface area contributed by atoms with Crippen LogP contribution >= 0.6 is 0 Å². The van der Waals surface area contributed by atoms with Crippen LogP contribution in [0.1, 0.15) is 58.2 Å². The number of rotatable bonds is 1. The molecule has 0 amide bonds. The summed E-state index contributed by atoms with van der Waals surface area (Å²) < 4.78 is 0. The molecule has 0 saturated carbocycles. The summed E-state index contributed by atoms with van der Waals surface area (Å²) in [4.78, 5) is 1.66. The molecule has 1 nitrogen and oxygen atoms in total. The molecule has 0 aliphatic heterocycles. The zero-order valence-electron chi connectivity index (χ0n) is 11.5. The Kier molecular flexibility index (Phi) is 3.89. The molecular formula is C15H22CoO. The van der Waals surface area contributed by atoms with Crippen LogP contribution in [0.25, 0.3) is 0 Å². The number of phenolic OH excluding ortho intramolecular Hbond substituents is 1. The Morgan fingerprint density at radius 1 is 1.00 bits per heavy atom. The van der Waals surface area contributed by atoms with Gasteiger partial charge in [-0.15, -0.1) is 0 Å². The number of hydrogen-bond donors (Lipinski definition) is 1. The molecule has 0 bridgehead atoms. The van der Waals surface area contributed by atoms with Gasteiger partial charge in [-0.3, -0.25) is 0 Å². The van der Waals surface area contributed by atoms with Crippen molar-refractivity contribution in [1.82, 2.24) is 0 Å². The fraction of sp³-hybridized carbons (Fsp3) is 0.533. The number of hydrogen-bond acceptors (Lipinski definition) is 1. The third-order valence-electron chi connectivity index (χ3n) is 2.92. The topological polar surface area (TPSA) is 20.2 Å². The molecule has 0 atom stereocenters. The van der Waals surface area contributed by atoms with Crippen molar-refractivity contribution in [3.05, 3.63) is 28.8 Å². The van der Waals surface area contributed by atoms with Crippen molar-refractivity contribution in [3.8, 4) is 5.75 Å². The number of phenols is 1. The average Bonchev–Trinajstić information content (AvgIpc) is 2.14. The molecule has 1 aromatic rings. The van der Waals surface area contributed by atoms with Gasteiger partial charge in [0.2, 0.25) is 0 Å². The molecule has 0 unspecified atom stereocenters. The van der Waals surface area contributed by atoms with Gasteiger partial charge in [0.25, 0.3) is 0 Å². The van der Waals surface area contributed by atoms with Crippen LogP contribution in [-0.2, 0) is 26.1 Å². The molecule has 1 rings (SSSR count). The van der Waals surface area contributed by atoms with Crippen LogP contribution in [0.5, 0.6) is 5.75 Å². The van der Waals surface area contributed by atoms with Crippen molar-refractivity contribution in [2.75, 3.05) is 0 Å². The van der Waals surface area contributed by atoms with Gasteiger partial charge in [-0.25, -0.2) is 0 Å². The molecule has 0 aliphatic carbocycles. The maximum atomic E-state index is 10.2. The molecule has 0 saturated heterocycles. The molecule has 0 aromatic heterocycles. The van der Waals surface area contributed by atoms with Gasteiger partial charge in [-0.05, 0) is 0 Å².